The maximum absolute atomic E-state index is 8.73. The number of allylic oxidation sites excluding steroid dienone is 1. The third-order valence-electron chi connectivity index (χ3n) is 0.880. The maximum Gasteiger partial charge on any atom is 0.0546 e. The van der Waals surface area contributed by atoms with Crippen molar-refractivity contribution in [2.24, 2.45) is 0 Å². The van der Waals surface area contributed by atoms with Gasteiger partial charge in [0.05, 0.1) is 6.10 Å². The fraction of sp³-hybridized carbons (Fsp3) is 0.714. The summed E-state index contributed by atoms with van der Waals surface area (Å²) in [5.41, 5.74) is 0. The van der Waals surface area contributed by atoms with Crippen LogP contribution in [0.1, 0.15) is 26.7 Å². The molecule has 1 heteroatoms. The summed E-state index contributed by atoms with van der Waals surface area (Å²) >= 11 is 0. The van der Waals surface area contributed by atoms with E-state index in [0.29, 0.717) is 0 Å². The van der Waals surface area contributed by atoms with E-state index >= 15 is 0 Å². The topological polar surface area (TPSA) is 20.2 Å². The van der Waals surface area contributed by atoms with Gasteiger partial charge in [0.15, 0.2) is 0 Å². The van der Waals surface area contributed by atoms with Crippen molar-refractivity contribution in [1.29, 1.82) is 0 Å². The third kappa shape index (κ3) is 5.70. The summed E-state index contributed by atoms with van der Waals surface area (Å²) in [6.07, 6.45) is 5.73. The van der Waals surface area contributed by atoms with E-state index in [-0.39, 0.29) is 6.10 Å². The molecule has 0 rings (SSSR count). The number of aliphatic hydroxyl groups is 1. The lowest BCUT2D eigenvalue weighted by Crippen LogP contribution is -1.94. The van der Waals surface area contributed by atoms with E-state index in [4.69, 9.17) is 5.11 Å². The van der Waals surface area contributed by atoms with Crippen molar-refractivity contribution in [3.63, 3.8) is 0 Å². The quantitative estimate of drug-likeness (QED) is 0.554. The second kappa shape index (κ2) is 4.85. The van der Waals surface area contributed by atoms with E-state index in [1.165, 1.54) is 0 Å². The van der Waals surface area contributed by atoms with Gasteiger partial charge < -0.3 is 5.11 Å². The van der Waals surface area contributed by atoms with Crippen LogP contribution >= 0.6 is 0 Å². The zero-order valence-corrected chi connectivity index (χ0v) is 5.59. The van der Waals surface area contributed by atoms with Crippen molar-refractivity contribution < 1.29 is 5.11 Å². The molecule has 0 saturated heterocycles. The molecule has 1 N–H and O–H groups in total. The molecule has 0 heterocycles. The third-order valence-corrected chi connectivity index (χ3v) is 0.880. The molecule has 0 aliphatic carbocycles. The van der Waals surface area contributed by atoms with Crippen LogP contribution in [-0.2, 0) is 0 Å². The highest BCUT2D eigenvalue weighted by molar-refractivity contribution is 4.81. The summed E-state index contributed by atoms with van der Waals surface area (Å²) in [4.78, 5) is 0. The average molecular weight is 114 g/mol. The molecule has 0 radical (unpaired) electrons. The Kier molecular flexibility index (Phi) is 4.67. The first-order valence-corrected chi connectivity index (χ1v) is 3.10. The predicted molar refractivity (Wildman–Crippen MR) is 35.7 cm³/mol. The number of aliphatic hydroxyl groups excluding tert-OH is 1. The smallest absolute Gasteiger partial charge is 0.0546 e. The number of hydrogen-bond donors (Lipinski definition) is 1. The lowest BCUT2D eigenvalue weighted by atomic mass is 10.2. The molecule has 0 aromatic heterocycles. The van der Waals surface area contributed by atoms with E-state index in [2.05, 4.69) is 13.0 Å². The van der Waals surface area contributed by atoms with Crippen LogP contribution in [0.25, 0.3) is 0 Å². The van der Waals surface area contributed by atoms with Gasteiger partial charge in [0, 0.05) is 0 Å². The van der Waals surface area contributed by atoms with Crippen LogP contribution in [0, 0.1) is 0 Å². The van der Waals surface area contributed by atoms with Crippen molar-refractivity contribution in [1.82, 2.24) is 0 Å². The summed E-state index contributed by atoms with van der Waals surface area (Å²) in [6.45, 7) is 3.87. The Morgan fingerprint density at radius 1 is 1.50 bits per heavy atom. The van der Waals surface area contributed by atoms with Crippen molar-refractivity contribution in [2.75, 3.05) is 0 Å². The summed E-state index contributed by atoms with van der Waals surface area (Å²) in [5, 5.41) is 8.73. The molecular formula is C7H14O. The van der Waals surface area contributed by atoms with Gasteiger partial charge in [-0.15, -0.1) is 0 Å². The van der Waals surface area contributed by atoms with Gasteiger partial charge in [0.2, 0.25) is 0 Å². The molecule has 1 nitrogen and oxygen atoms in total. The number of rotatable bonds is 3. The van der Waals surface area contributed by atoms with Gasteiger partial charge in [-0.2, -0.15) is 0 Å². The molecule has 0 aromatic rings. The molecule has 0 aliphatic rings. The second-order valence-corrected chi connectivity index (χ2v) is 1.96. The minimum absolute atomic E-state index is 0.183. The van der Waals surface area contributed by atoms with Gasteiger partial charge in [-0.05, 0) is 19.8 Å². The maximum atomic E-state index is 8.73. The largest absolute Gasteiger partial charge is 0.393 e. The molecule has 0 aliphatic heterocycles. The first-order valence-electron chi connectivity index (χ1n) is 3.10. The Morgan fingerprint density at radius 2 is 2.12 bits per heavy atom. The van der Waals surface area contributed by atoms with Crippen LogP contribution in [0.2, 0.25) is 0 Å². The highest BCUT2D eigenvalue weighted by atomic mass is 16.3. The molecule has 0 fully saturated rings. The van der Waals surface area contributed by atoms with E-state index in [0.717, 1.165) is 12.8 Å². The fourth-order valence-corrected chi connectivity index (χ4v) is 0.460. The van der Waals surface area contributed by atoms with Gasteiger partial charge in [-0.3, -0.25) is 0 Å². The Bertz CT molecular complexity index is 64.8. The number of hydrogen-bond acceptors (Lipinski definition) is 1. The molecular weight excluding hydrogens is 100 g/mol. The van der Waals surface area contributed by atoms with Crippen LogP contribution in [-0.4, -0.2) is 11.2 Å². The van der Waals surface area contributed by atoms with Crippen LogP contribution in [0.5, 0.6) is 0 Å². The highest BCUT2D eigenvalue weighted by Gasteiger charge is 1.86. The van der Waals surface area contributed by atoms with Crippen LogP contribution < -0.4 is 0 Å². The molecule has 0 saturated carbocycles. The van der Waals surface area contributed by atoms with E-state index in [1.807, 2.05) is 6.08 Å². The molecule has 0 spiro atoms. The van der Waals surface area contributed by atoms with Crippen molar-refractivity contribution in [2.45, 2.75) is 32.8 Å². The van der Waals surface area contributed by atoms with Gasteiger partial charge in [0.1, 0.15) is 0 Å². The minimum Gasteiger partial charge on any atom is -0.393 e. The SMILES string of the molecule is CCC=CCC(C)O. The lowest BCUT2D eigenvalue weighted by Gasteiger charge is -1.94. The summed E-state index contributed by atoms with van der Waals surface area (Å²) in [6, 6.07) is 0. The molecule has 0 aromatic carbocycles. The van der Waals surface area contributed by atoms with Crippen molar-refractivity contribution in [3.8, 4) is 0 Å². The monoisotopic (exact) mass is 114 g/mol. The second-order valence-electron chi connectivity index (χ2n) is 1.96. The molecule has 1 unspecified atom stereocenters. The van der Waals surface area contributed by atoms with Crippen LogP contribution in [0.15, 0.2) is 12.2 Å². The van der Waals surface area contributed by atoms with Crippen molar-refractivity contribution in [3.05, 3.63) is 12.2 Å². The Morgan fingerprint density at radius 3 is 2.50 bits per heavy atom. The van der Waals surface area contributed by atoms with E-state index in [9.17, 15) is 0 Å². The molecule has 0 amide bonds. The Balaban J connectivity index is 3.03. The standard InChI is InChI=1S/C7H14O/c1-3-4-5-6-7(2)8/h4-5,7-8H,3,6H2,1-2H3. The lowest BCUT2D eigenvalue weighted by molar-refractivity contribution is 0.198. The van der Waals surface area contributed by atoms with Crippen LogP contribution in [0.3, 0.4) is 0 Å². The van der Waals surface area contributed by atoms with Crippen molar-refractivity contribution >= 4 is 0 Å². The Hall–Kier alpha value is -0.300. The summed E-state index contributed by atoms with van der Waals surface area (Å²) in [5.74, 6) is 0. The Labute approximate surface area is 51.0 Å². The fourth-order valence-electron chi connectivity index (χ4n) is 0.460. The summed E-state index contributed by atoms with van der Waals surface area (Å²) in [7, 11) is 0. The molecule has 48 valence electrons. The highest BCUT2D eigenvalue weighted by Crippen LogP contribution is 1.91. The van der Waals surface area contributed by atoms with Gasteiger partial charge in [-0.25, -0.2) is 0 Å². The zero-order chi connectivity index (χ0) is 6.41. The first kappa shape index (κ1) is 7.70. The first-order chi connectivity index (χ1) is 3.77. The molecule has 8 heavy (non-hydrogen) atoms. The predicted octanol–water partition coefficient (Wildman–Crippen LogP) is 1.72. The van der Waals surface area contributed by atoms with Crippen LogP contribution in [0.4, 0.5) is 0 Å². The van der Waals surface area contributed by atoms with Gasteiger partial charge in [0.25, 0.3) is 0 Å². The van der Waals surface area contributed by atoms with E-state index < -0.39 is 0 Å². The molecule has 1 atom stereocenters. The zero-order valence-electron chi connectivity index (χ0n) is 5.59. The average Bonchev–Trinajstić information content (AvgIpc) is 1.66. The normalized spacial score (nSPS) is 14.9. The minimum atomic E-state index is -0.183. The summed E-state index contributed by atoms with van der Waals surface area (Å²) < 4.78 is 0. The van der Waals surface area contributed by atoms with E-state index in [1.54, 1.807) is 6.92 Å². The molecule has 0 bridgehead atoms. The van der Waals surface area contributed by atoms with Gasteiger partial charge in [-0.1, -0.05) is 19.1 Å². The van der Waals surface area contributed by atoms with Gasteiger partial charge >= 0.3 is 0 Å².